The van der Waals surface area contributed by atoms with Crippen molar-refractivity contribution in [3.63, 3.8) is 0 Å². The minimum atomic E-state index is -1.23. The van der Waals surface area contributed by atoms with Crippen LogP contribution in [0.2, 0.25) is 0 Å². The molecule has 1 atom stereocenters. The van der Waals surface area contributed by atoms with Crippen LogP contribution in [0.4, 0.5) is 5.69 Å². The van der Waals surface area contributed by atoms with E-state index < -0.39 is 10.8 Å². The van der Waals surface area contributed by atoms with E-state index in [2.05, 4.69) is 10.1 Å². The molecule has 0 saturated carbocycles. The molecule has 0 aliphatic heterocycles. The number of anilines is 1. The molecule has 0 radical (unpaired) electrons. The molecule has 0 saturated heterocycles. The molecule has 0 fully saturated rings. The molecule has 2 aromatic heterocycles. The zero-order valence-corrected chi connectivity index (χ0v) is 12.5. The minimum Gasteiger partial charge on any atom is -0.396 e. The van der Waals surface area contributed by atoms with Crippen molar-refractivity contribution in [3.05, 3.63) is 48.4 Å². The summed E-state index contributed by atoms with van der Waals surface area (Å²) in [5, 5.41) is 5.61. The van der Waals surface area contributed by atoms with Crippen molar-refractivity contribution in [2.45, 2.75) is 24.1 Å². The Balaban J connectivity index is 1.99. The number of nitrogens with zero attached hydrogens (tertiary/aromatic N) is 3. The van der Waals surface area contributed by atoms with Crippen LogP contribution in [0.15, 0.2) is 47.6 Å². The Bertz CT molecular complexity index is 812. The van der Waals surface area contributed by atoms with E-state index in [1.54, 1.807) is 12.3 Å². The SMILES string of the molecule is CCn1nc(CS(=O)c2ccncc2N)c2ccccc21. The van der Waals surface area contributed by atoms with E-state index in [9.17, 15) is 4.21 Å². The molecular weight excluding hydrogens is 284 g/mol. The number of para-hydroxylation sites is 1. The van der Waals surface area contributed by atoms with Crippen LogP contribution in [0.3, 0.4) is 0 Å². The van der Waals surface area contributed by atoms with Crippen molar-refractivity contribution in [2.24, 2.45) is 0 Å². The predicted molar refractivity (Wildman–Crippen MR) is 84.2 cm³/mol. The maximum absolute atomic E-state index is 12.5. The summed E-state index contributed by atoms with van der Waals surface area (Å²) in [6, 6.07) is 9.69. The highest BCUT2D eigenvalue weighted by Gasteiger charge is 2.14. The molecule has 3 aromatic rings. The summed E-state index contributed by atoms with van der Waals surface area (Å²) >= 11 is 0. The van der Waals surface area contributed by atoms with Gasteiger partial charge in [-0.25, -0.2) is 0 Å². The van der Waals surface area contributed by atoms with Crippen LogP contribution in [0.5, 0.6) is 0 Å². The molecule has 5 nitrogen and oxygen atoms in total. The Kier molecular flexibility index (Phi) is 3.70. The van der Waals surface area contributed by atoms with Gasteiger partial charge in [0.05, 0.1) is 44.5 Å². The summed E-state index contributed by atoms with van der Waals surface area (Å²) in [5.41, 5.74) is 8.19. The summed E-state index contributed by atoms with van der Waals surface area (Å²) in [7, 11) is -1.23. The normalized spacial score (nSPS) is 12.6. The fourth-order valence-electron chi connectivity index (χ4n) is 2.35. The Morgan fingerprint density at radius 1 is 1.29 bits per heavy atom. The average molecular weight is 300 g/mol. The molecule has 1 unspecified atom stereocenters. The highest BCUT2D eigenvalue weighted by Crippen LogP contribution is 2.23. The number of hydrogen-bond acceptors (Lipinski definition) is 4. The number of aryl methyl sites for hydroxylation is 1. The maximum atomic E-state index is 12.5. The largest absolute Gasteiger partial charge is 0.396 e. The Labute approximate surface area is 125 Å². The van der Waals surface area contributed by atoms with E-state index in [1.807, 2.05) is 35.9 Å². The van der Waals surface area contributed by atoms with Crippen LogP contribution in [0.1, 0.15) is 12.6 Å². The van der Waals surface area contributed by atoms with Crippen molar-refractivity contribution < 1.29 is 4.21 Å². The number of hydrogen-bond donors (Lipinski definition) is 1. The van der Waals surface area contributed by atoms with Gasteiger partial charge >= 0.3 is 0 Å². The molecule has 2 heterocycles. The molecular formula is C15H16N4OS. The van der Waals surface area contributed by atoms with Crippen LogP contribution < -0.4 is 5.73 Å². The smallest absolute Gasteiger partial charge is 0.0831 e. The zero-order chi connectivity index (χ0) is 14.8. The topological polar surface area (TPSA) is 73.8 Å². The van der Waals surface area contributed by atoms with Gasteiger partial charge in [-0.15, -0.1) is 0 Å². The Morgan fingerprint density at radius 2 is 2.10 bits per heavy atom. The quantitative estimate of drug-likeness (QED) is 0.802. The van der Waals surface area contributed by atoms with Crippen LogP contribution in [-0.4, -0.2) is 19.0 Å². The molecule has 3 rings (SSSR count). The number of pyridine rings is 1. The lowest BCUT2D eigenvalue weighted by atomic mass is 10.2. The second kappa shape index (κ2) is 5.65. The monoisotopic (exact) mass is 300 g/mol. The molecule has 0 spiro atoms. The summed E-state index contributed by atoms with van der Waals surface area (Å²) in [6.45, 7) is 2.82. The molecule has 0 bridgehead atoms. The number of rotatable bonds is 4. The molecule has 0 aliphatic carbocycles. The second-order valence-electron chi connectivity index (χ2n) is 4.68. The third-order valence-corrected chi connectivity index (χ3v) is 4.76. The molecule has 1 aromatic carbocycles. The van der Waals surface area contributed by atoms with Crippen molar-refractivity contribution in [3.8, 4) is 0 Å². The van der Waals surface area contributed by atoms with Crippen molar-refractivity contribution in [1.82, 2.24) is 14.8 Å². The number of fused-ring (bicyclic) bond motifs is 1. The van der Waals surface area contributed by atoms with Gasteiger partial charge < -0.3 is 5.73 Å². The molecule has 108 valence electrons. The van der Waals surface area contributed by atoms with Crippen LogP contribution in [0.25, 0.3) is 10.9 Å². The second-order valence-corrected chi connectivity index (χ2v) is 6.10. The summed E-state index contributed by atoms with van der Waals surface area (Å²) in [4.78, 5) is 4.53. The Morgan fingerprint density at radius 3 is 2.86 bits per heavy atom. The van der Waals surface area contributed by atoms with Crippen LogP contribution in [0, 0.1) is 0 Å². The van der Waals surface area contributed by atoms with Gasteiger partial charge in [-0.3, -0.25) is 13.9 Å². The van der Waals surface area contributed by atoms with Crippen molar-refractivity contribution in [1.29, 1.82) is 0 Å². The lowest BCUT2D eigenvalue weighted by Crippen LogP contribution is -2.03. The summed E-state index contributed by atoms with van der Waals surface area (Å²) in [5.74, 6) is 0.349. The average Bonchev–Trinajstić information content (AvgIpc) is 2.86. The first-order valence-electron chi connectivity index (χ1n) is 6.73. The van der Waals surface area contributed by atoms with E-state index in [1.165, 1.54) is 6.20 Å². The third-order valence-electron chi connectivity index (χ3n) is 3.36. The van der Waals surface area contributed by atoms with Crippen molar-refractivity contribution >= 4 is 27.4 Å². The molecule has 21 heavy (non-hydrogen) atoms. The van der Waals surface area contributed by atoms with Crippen LogP contribution >= 0.6 is 0 Å². The highest BCUT2D eigenvalue weighted by molar-refractivity contribution is 7.84. The van der Waals surface area contributed by atoms with E-state index >= 15 is 0 Å². The van der Waals surface area contributed by atoms with Gasteiger partial charge in [-0.2, -0.15) is 5.10 Å². The lowest BCUT2D eigenvalue weighted by molar-refractivity contribution is 0.667. The third kappa shape index (κ3) is 2.54. The fraction of sp³-hybridized carbons (Fsp3) is 0.200. The number of nitrogen functional groups attached to an aromatic ring is 1. The summed E-state index contributed by atoms with van der Waals surface area (Å²) < 4.78 is 14.5. The van der Waals surface area contributed by atoms with Gasteiger partial charge in [0.2, 0.25) is 0 Å². The molecule has 0 amide bonds. The fourth-order valence-corrected chi connectivity index (χ4v) is 3.49. The minimum absolute atomic E-state index is 0.349. The first-order chi connectivity index (χ1) is 10.2. The predicted octanol–water partition coefficient (Wildman–Crippen LogP) is 2.34. The van der Waals surface area contributed by atoms with E-state index in [0.29, 0.717) is 16.3 Å². The molecule has 2 N–H and O–H groups in total. The van der Waals surface area contributed by atoms with Gasteiger partial charge in [0, 0.05) is 18.1 Å². The van der Waals surface area contributed by atoms with E-state index in [4.69, 9.17) is 5.73 Å². The number of benzene rings is 1. The first-order valence-corrected chi connectivity index (χ1v) is 8.05. The number of nitrogens with two attached hydrogens (primary N) is 1. The number of aromatic nitrogens is 3. The Hall–Kier alpha value is -2.21. The van der Waals surface area contributed by atoms with Gasteiger partial charge in [0.25, 0.3) is 0 Å². The van der Waals surface area contributed by atoms with Gasteiger partial charge in [-0.05, 0) is 19.1 Å². The highest BCUT2D eigenvalue weighted by atomic mass is 32.2. The first kappa shape index (κ1) is 13.8. The van der Waals surface area contributed by atoms with Gasteiger partial charge in [0.15, 0.2) is 0 Å². The van der Waals surface area contributed by atoms with Gasteiger partial charge in [-0.1, -0.05) is 18.2 Å². The van der Waals surface area contributed by atoms with Gasteiger partial charge in [0.1, 0.15) is 0 Å². The maximum Gasteiger partial charge on any atom is 0.0831 e. The van der Waals surface area contributed by atoms with E-state index in [-0.39, 0.29) is 0 Å². The lowest BCUT2D eigenvalue weighted by Gasteiger charge is -2.03. The van der Waals surface area contributed by atoms with E-state index in [0.717, 1.165) is 23.1 Å². The standard InChI is InChI=1S/C15H16N4OS/c1-2-19-14-6-4-3-5-11(14)13(18-19)10-21(20)15-7-8-17-9-12(15)16/h3-9H,2,10,16H2,1H3. The van der Waals surface area contributed by atoms with Crippen molar-refractivity contribution in [2.75, 3.05) is 5.73 Å². The molecule has 6 heteroatoms. The molecule has 0 aliphatic rings. The zero-order valence-electron chi connectivity index (χ0n) is 11.7. The van der Waals surface area contributed by atoms with Crippen LogP contribution in [-0.2, 0) is 23.1 Å². The summed E-state index contributed by atoms with van der Waals surface area (Å²) in [6.07, 6.45) is 3.13.